The minimum absolute atomic E-state index is 0.237. The van der Waals surface area contributed by atoms with Crippen LogP contribution in [0.2, 0.25) is 0 Å². The molecule has 0 fully saturated rings. The van der Waals surface area contributed by atoms with Gasteiger partial charge in [-0.15, -0.1) is 6.58 Å². The maximum atomic E-state index is 10.6. The summed E-state index contributed by atoms with van der Waals surface area (Å²) in [6.07, 6.45) is 7.08. The predicted octanol–water partition coefficient (Wildman–Crippen LogP) is 4.18. The van der Waals surface area contributed by atoms with Crippen molar-refractivity contribution in [3.63, 3.8) is 0 Å². The first-order valence-corrected chi connectivity index (χ1v) is 5.96. The first-order chi connectivity index (χ1) is 7.43. The Balaban J connectivity index is 3.70. The Hall–Kier alpha value is -1.05. The van der Waals surface area contributed by atoms with Crippen LogP contribution in [0.15, 0.2) is 23.8 Å². The largest absolute Gasteiger partial charge is 0.481 e. The Labute approximate surface area is 99.1 Å². The first-order valence-electron chi connectivity index (χ1n) is 5.96. The molecule has 0 saturated heterocycles. The minimum atomic E-state index is -0.701. The second-order valence-corrected chi connectivity index (χ2v) is 4.68. The molecular weight excluding hydrogens is 200 g/mol. The number of carboxylic acids is 1. The lowest BCUT2D eigenvalue weighted by atomic mass is 10.0. The summed E-state index contributed by atoms with van der Waals surface area (Å²) in [5, 5.41) is 8.72. The fourth-order valence-electron chi connectivity index (χ4n) is 1.47. The number of rotatable bonds is 8. The van der Waals surface area contributed by atoms with Crippen molar-refractivity contribution >= 4 is 5.97 Å². The second kappa shape index (κ2) is 8.14. The monoisotopic (exact) mass is 224 g/mol. The molecule has 0 amide bonds. The molecule has 0 heterocycles. The molecule has 0 aliphatic carbocycles. The van der Waals surface area contributed by atoms with Crippen molar-refractivity contribution in [2.24, 2.45) is 5.92 Å². The SMILES string of the molecule is C=C(C)CCCC(C)=CCCC(C)C(=O)O. The summed E-state index contributed by atoms with van der Waals surface area (Å²) in [7, 11) is 0. The van der Waals surface area contributed by atoms with Crippen molar-refractivity contribution in [2.45, 2.75) is 52.9 Å². The van der Waals surface area contributed by atoms with Gasteiger partial charge >= 0.3 is 5.97 Å². The molecule has 0 rings (SSSR count). The molecule has 1 unspecified atom stereocenters. The van der Waals surface area contributed by atoms with Crippen molar-refractivity contribution in [1.29, 1.82) is 0 Å². The highest BCUT2D eigenvalue weighted by Crippen LogP contribution is 2.13. The molecule has 0 aliphatic heterocycles. The van der Waals surface area contributed by atoms with E-state index in [4.69, 9.17) is 5.11 Å². The third kappa shape index (κ3) is 8.27. The standard InChI is InChI=1S/C14H24O2/c1-11(2)7-5-8-12(3)9-6-10-13(4)14(15)16/h9,13H,1,5-8,10H2,2-4H3,(H,15,16). The van der Waals surface area contributed by atoms with Crippen LogP contribution in [0, 0.1) is 5.92 Å². The average molecular weight is 224 g/mol. The molecule has 2 heteroatoms. The topological polar surface area (TPSA) is 37.3 Å². The van der Waals surface area contributed by atoms with Crippen molar-refractivity contribution in [3.8, 4) is 0 Å². The van der Waals surface area contributed by atoms with Crippen LogP contribution in [0.1, 0.15) is 52.9 Å². The van der Waals surface area contributed by atoms with E-state index >= 15 is 0 Å². The van der Waals surface area contributed by atoms with Gasteiger partial charge in [-0.2, -0.15) is 0 Å². The smallest absolute Gasteiger partial charge is 0.306 e. The van der Waals surface area contributed by atoms with E-state index in [0.29, 0.717) is 0 Å². The molecule has 0 saturated carbocycles. The first kappa shape index (κ1) is 14.9. The van der Waals surface area contributed by atoms with Crippen molar-refractivity contribution < 1.29 is 9.90 Å². The summed E-state index contributed by atoms with van der Waals surface area (Å²) in [6.45, 7) is 9.79. The van der Waals surface area contributed by atoms with Gasteiger partial charge in [0, 0.05) is 0 Å². The minimum Gasteiger partial charge on any atom is -0.481 e. The molecule has 0 aromatic heterocycles. The highest BCUT2D eigenvalue weighted by molar-refractivity contribution is 5.69. The highest BCUT2D eigenvalue weighted by atomic mass is 16.4. The van der Waals surface area contributed by atoms with Crippen LogP contribution in [0.25, 0.3) is 0 Å². The Kier molecular flexibility index (Phi) is 7.61. The molecular formula is C14H24O2. The van der Waals surface area contributed by atoms with E-state index in [1.54, 1.807) is 6.92 Å². The van der Waals surface area contributed by atoms with E-state index in [1.807, 2.05) is 6.92 Å². The van der Waals surface area contributed by atoms with Gasteiger partial charge in [0.15, 0.2) is 0 Å². The van der Waals surface area contributed by atoms with Crippen molar-refractivity contribution in [3.05, 3.63) is 23.8 Å². The van der Waals surface area contributed by atoms with E-state index < -0.39 is 5.97 Å². The zero-order valence-corrected chi connectivity index (χ0v) is 10.8. The van der Waals surface area contributed by atoms with E-state index in [-0.39, 0.29) is 5.92 Å². The molecule has 0 bridgehead atoms. The van der Waals surface area contributed by atoms with Crippen LogP contribution in [0.4, 0.5) is 0 Å². The number of carboxylic acid groups (broad SMARTS) is 1. The van der Waals surface area contributed by atoms with Gasteiger partial charge < -0.3 is 5.11 Å². The Morgan fingerprint density at radius 2 is 2.00 bits per heavy atom. The lowest BCUT2D eigenvalue weighted by molar-refractivity contribution is -0.141. The quantitative estimate of drug-likeness (QED) is 0.628. The molecule has 2 nitrogen and oxygen atoms in total. The Morgan fingerprint density at radius 3 is 2.50 bits per heavy atom. The molecule has 1 atom stereocenters. The number of hydrogen-bond acceptors (Lipinski definition) is 1. The van der Waals surface area contributed by atoms with Crippen LogP contribution < -0.4 is 0 Å². The van der Waals surface area contributed by atoms with Gasteiger partial charge in [-0.1, -0.05) is 24.1 Å². The van der Waals surface area contributed by atoms with Crippen LogP contribution in [0.3, 0.4) is 0 Å². The molecule has 92 valence electrons. The summed E-state index contributed by atoms with van der Waals surface area (Å²) in [4.78, 5) is 10.6. The van der Waals surface area contributed by atoms with E-state index in [1.165, 1.54) is 11.1 Å². The van der Waals surface area contributed by atoms with E-state index in [0.717, 1.165) is 32.1 Å². The van der Waals surface area contributed by atoms with Gasteiger partial charge in [0.2, 0.25) is 0 Å². The second-order valence-electron chi connectivity index (χ2n) is 4.68. The van der Waals surface area contributed by atoms with Crippen LogP contribution in [0.5, 0.6) is 0 Å². The fraction of sp³-hybridized carbons (Fsp3) is 0.643. The molecule has 16 heavy (non-hydrogen) atoms. The van der Waals surface area contributed by atoms with Gasteiger partial charge in [0.1, 0.15) is 0 Å². The van der Waals surface area contributed by atoms with Gasteiger partial charge in [-0.3, -0.25) is 4.79 Å². The zero-order chi connectivity index (χ0) is 12.6. The van der Waals surface area contributed by atoms with Crippen molar-refractivity contribution in [2.75, 3.05) is 0 Å². The molecule has 0 aromatic rings. The van der Waals surface area contributed by atoms with Crippen LogP contribution in [-0.4, -0.2) is 11.1 Å². The summed E-state index contributed by atoms with van der Waals surface area (Å²) in [6, 6.07) is 0. The molecule has 0 aliphatic rings. The summed E-state index contributed by atoms with van der Waals surface area (Å²) in [5.41, 5.74) is 2.59. The van der Waals surface area contributed by atoms with Gasteiger partial charge in [-0.25, -0.2) is 0 Å². The lowest BCUT2D eigenvalue weighted by Crippen LogP contribution is -2.08. The predicted molar refractivity (Wildman–Crippen MR) is 68.5 cm³/mol. The molecule has 0 radical (unpaired) electrons. The van der Waals surface area contributed by atoms with E-state index in [2.05, 4.69) is 19.6 Å². The third-order valence-electron chi connectivity index (χ3n) is 2.69. The van der Waals surface area contributed by atoms with Crippen LogP contribution in [-0.2, 0) is 4.79 Å². The molecule has 0 aromatic carbocycles. The fourth-order valence-corrected chi connectivity index (χ4v) is 1.47. The number of aliphatic carboxylic acids is 1. The third-order valence-corrected chi connectivity index (χ3v) is 2.69. The number of carbonyl (C=O) groups is 1. The maximum Gasteiger partial charge on any atom is 0.306 e. The molecule has 0 spiro atoms. The summed E-state index contributed by atoms with van der Waals surface area (Å²) in [5.74, 6) is -0.937. The lowest BCUT2D eigenvalue weighted by Gasteiger charge is -2.04. The highest BCUT2D eigenvalue weighted by Gasteiger charge is 2.08. The van der Waals surface area contributed by atoms with Gasteiger partial charge in [0.25, 0.3) is 0 Å². The van der Waals surface area contributed by atoms with Crippen LogP contribution >= 0.6 is 0 Å². The average Bonchev–Trinajstić information content (AvgIpc) is 2.16. The van der Waals surface area contributed by atoms with Gasteiger partial charge in [0.05, 0.1) is 5.92 Å². The zero-order valence-electron chi connectivity index (χ0n) is 10.8. The number of allylic oxidation sites excluding steroid dienone is 3. The number of hydrogen-bond donors (Lipinski definition) is 1. The normalized spacial score (nSPS) is 13.6. The van der Waals surface area contributed by atoms with Crippen molar-refractivity contribution in [1.82, 2.24) is 0 Å². The Morgan fingerprint density at radius 1 is 1.38 bits per heavy atom. The van der Waals surface area contributed by atoms with Gasteiger partial charge in [-0.05, 0) is 46.0 Å². The Bertz CT molecular complexity index is 264. The van der Waals surface area contributed by atoms with E-state index in [9.17, 15) is 4.79 Å². The summed E-state index contributed by atoms with van der Waals surface area (Å²) < 4.78 is 0. The molecule has 1 N–H and O–H groups in total. The maximum absolute atomic E-state index is 10.6. The summed E-state index contributed by atoms with van der Waals surface area (Å²) >= 11 is 0.